The zero-order valence-electron chi connectivity index (χ0n) is 17.9. The topological polar surface area (TPSA) is 80.3 Å². The molecule has 6 nitrogen and oxygen atoms in total. The molecule has 2 aromatic heterocycles. The van der Waals surface area contributed by atoms with Crippen molar-refractivity contribution in [2.24, 2.45) is 5.73 Å². The number of nitrogens with two attached hydrogens (primary N) is 1. The highest BCUT2D eigenvalue weighted by Gasteiger charge is 2.15. The first-order valence-corrected chi connectivity index (χ1v) is 10.7. The highest BCUT2D eigenvalue weighted by Crippen LogP contribution is 2.26. The van der Waals surface area contributed by atoms with Gasteiger partial charge in [-0.15, -0.1) is 0 Å². The minimum absolute atomic E-state index is 0.164. The molecule has 0 aliphatic carbocycles. The molecule has 0 aliphatic rings. The van der Waals surface area contributed by atoms with E-state index in [2.05, 4.69) is 66.8 Å². The maximum Gasteiger partial charge on any atom is 0.163 e. The summed E-state index contributed by atoms with van der Waals surface area (Å²) in [6.45, 7) is 8.21. The number of hydrogen-bond acceptors (Lipinski definition) is 5. The molecule has 0 saturated carbocycles. The highest BCUT2D eigenvalue weighted by molar-refractivity contribution is 5.61. The molecule has 3 aromatic rings. The van der Waals surface area contributed by atoms with Gasteiger partial charge in [-0.1, -0.05) is 57.0 Å². The molecule has 0 aliphatic heterocycles. The molecule has 3 rings (SSSR count). The van der Waals surface area contributed by atoms with Crippen molar-refractivity contribution in [3.63, 3.8) is 0 Å². The van der Waals surface area contributed by atoms with Crippen LogP contribution in [0.25, 0.3) is 5.65 Å². The Kier molecular flexibility index (Phi) is 7.47. The SMILES string of the molecule is CC(C)c1cnn2c(N[C@H](C)c3ccccc3)cc(NCCCCCCN)nc12. The van der Waals surface area contributed by atoms with Gasteiger partial charge in [-0.3, -0.25) is 0 Å². The molecule has 0 fully saturated rings. The second kappa shape index (κ2) is 10.3. The summed E-state index contributed by atoms with van der Waals surface area (Å²) in [6, 6.07) is 12.7. The predicted octanol–water partition coefficient (Wildman–Crippen LogP) is 4.96. The third kappa shape index (κ3) is 5.48. The molecular formula is C23H34N6. The van der Waals surface area contributed by atoms with Crippen molar-refractivity contribution in [1.82, 2.24) is 14.6 Å². The third-order valence-corrected chi connectivity index (χ3v) is 5.22. The van der Waals surface area contributed by atoms with Crippen LogP contribution < -0.4 is 16.4 Å². The molecule has 0 bridgehead atoms. The van der Waals surface area contributed by atoms with Gasteiger partial charge in [0, 0.05) is 24.2 Å². The van der Waals surface area contributed by atoms with E-state index >= 15 is 0 Å². The van der Waals surface area contributed by atoms with Crippen LogP contribution in [-0.2, 0) is 0 Å². The van der Waals surface area contributed by atoms with Crippen molar-refractivity contribution in [2.75, 3.05) is 23.7 Å². The number of unbranched alkanes of at least 4 members (excludes halogenated alkanes) is 3. The van der Waals surface area contributed by atoms with Crippen molar-refractivity contribution in [3.8, 4) is 0 Å². The van der Waals surface area contributed by atoms with Gasteiger partial charge in [0.1, 0.15) is 11.6 Å². The Labute approximate surface area is 173 Å². The molecule has 156 valence electrons. The van der Waals surface area contributed by atoms with Crippen molar-refractivity contribution in [3.05, 3.63) is 53.7 Å². The number of nitrogens with zero attached hydrogens (tertiary/aromatic N) is 3. The van der Waals surface area contributed by atoms with Crippen LogP contribution >= 0.6 is 0 Å². The highest BCUT2D eigenvalue weighted by atomic mass is 15.3. The van der Waals surface area contributed by atoms with Crippen LogP contribution in [0.15, 0.2) is 42.6 Å². The number of hydrogen-bond donors (Lipinski definition) is 3. The number of aromatic nitrogens is 3. The summed E-state index contributed by atoms with van der Waals surface area (Å²) in [6.07, 6.45) is 6.52. The van der Waals surface area contributed by atoms with Crippen molar-refractivity contribution < 1.29 is 0 Å². The molecule has 4 N–H and O–H groups in total. The van der Waals surface area contributed by atoms with E-state index in [0.29, 0.717) is 5.92 Å². The monoisotopic (exact) mass is 394 g/mol. The maximum absolute atomic E-state index is 5.57. The van der Waals surface area contributed by atoms with Crippen molar-refractivity contribution in [1.29, 1.82) is 0 Å². The minimum atomic E-state index is 0.164. The maximum atomic E-state index is 5.57. The summed E-state index contributed by atoms with van der Waals surface area (Å²) in [4.78, 5) is 4.86. The molecule has 0 radical (unpaired) electrons. The Balaban J connectivity index is 1.81. The summed E-state index contributed by atoms with van der Waals surface area (Å²) in [5, 5.41) is 11.7. The predicted molar refractivity (Wildman–Crippen MR) is 122 cm³/mol. The van der Waals surface area contributed by atoms with Gasteiger partial charge in [-0.25, -0.2) is 4.98 Å². The first-order valence-electron chi connectivity index (χ1n) is 10.7. The lowest BCUT2D eigenvalue weighted by Crippen LogP contribution is -2.13. The molecule has 2 heterocycles. The van der Waals surface area contributed by atoms with Crippen LogP contribution in [0.4, 0.5) is 11.6 Å². The Morgan fingerprint density at radius 1 is 1.03 bits per heavy atom. The lowest BCUT2D eigenvalue weighted by Gasteiger charge is -2.18. The Bertz CT molecular complexity index is 887. The van der Waals surface area contributed by atoms with Gasteiger partial charge in [0.2, 0.25) is 0 Å². The number of fused-ring (bicyclic) bond motifs is 1. The second-order valence-corrected chi connectivity index (χ2v) is 7.92. The largest absolute Gasteiger partial charge is 0.370 e. The van der Waals surface area contributed by atoms with Gasteiger partial charge in [0.05, 0.1) is 6.20 Å². The lowest BCUT2D eigenvalue weighted by atomic mass is 10.1. The van der Waals surface area contributed by atoms with Crippen LogP contribution in [0, 0.1) is 0 Å². The summed E-state index contributed by atoms with van der Waals surface area (Å²) >= 11 is 0. The van der Waals surface area contributed by atoms with Crippen molar-refractivity contribution >= 4 is 17.3 Å². The van der Waals surface area contributed by atoms with E-state index in [1.807, 2.05) is 16.8 Å². The fourth-order valence-corrected chi connectivity index (χ4v) is 3.47. The summed E-state index contributed by atoms with van der Waals surface area (Å²) in [5.41, 5.74) is 8.88. The van der Waals surface area contributed by atoms with Gasteiger partial charge < -0.3 is 16.4 Å². The van der Waals surface area contributed by atoms with Crippen molar-refractivity contribution in [2.45, 2.75) is 58.4 Å². The molecular weight excluding hydrogens is 360 g/mol. The van der Waals surface area contributed by atoms with E-state index in [1.165, 1.54) is 18.4 Å². The van der Waals surface area contributed by atoms with Crippen LogP contribution in [0.5, 0.6) is 0 Å². The smallest absolute Gasteiger partial charge is 0.163 e. The molecule has 1 atom stereocenters. The summed E-state index contributed by atoms with van der Waals surface area (Å²) in [5.74, 6) is 2.20. The number of benzene rings is 1. The van der Waals surface area contributed by atoms with E-state index in [1.54, 1.807) is 0 Å². The molecule has 0 saturated heterocycles. The Hall–Kier alpha value is -2.60. The average Bonchev–Trinajstić information content (AvgIpc) is 3.16. The molecule has 0 unspecified atom stereocenters. The lowest BCUT2D eigenvalue weighted by molar-refractivity contribution is 0.661. The third-order valence-electron chi connectivity index (χ3n) is 5.22. The van der Waals surface area contributed by atoms with E-state index in [9.17, 15) is 0 Å². The van der Waals surface area contributed by atoms with Gasteiger partial charge in [0.15, 0.2) is 5.65 Å². The molecule has 1 aromatic carbocycles. The standard InChI is InChI=1S/C23H34N6/c1-17(2)20-16-26-29-22(27-18(3)19-11-7-6-8-12-19)15-21(28-23(20)29)25-14-10-5-4-9-13-24/h6-8,11-12,15-18,27H,4-5,9-10,13-14,24H2,1-3H3,(H,25,28)/t18-/m1/s1. The first-order chi connectivity index (χ1) is 14.1. The van der Waals surface area contributed by atoms with E-state index in [-0.39, 0.29) is 6.04 Å². The minimum Gasteiger partial charge on any atom is -0.370 e. The number of nitrogens with one attached hydrogen (secondary N) is 2. The van der Waals surface area contributed by atoms with E-state index < -0.39 is 0 Å². The van der Waals surface area contributed by atoms with Gasteiger partial charge in [-0.05, 0) is 37.8 Å². The molecule has 0 spiro atoms. The second-order valence-electron chi connectivity index (χ2n) is 7.92. The van der Waals surface area contributed by atoms with E-state index in [4.69, 9.17) is 10.7 Å². The summed E-state index contributed by atoms with van der Waals surface area (Å²) in [7, 11) is 0. The van der Waals surface area contributed by atoms with Gasteiger partial charge >= 0.3 is 0 Å². The number of rotatable bonds is 11. The first kappa shape index (κ1) is 21.1. The van der Waals surface area contributed by atoms with Crippen LogP contribution in [-0.4, -0.2) is 27.7 Å². The fourth-order valence-electron chi connectivity index (χ4n) is 3.47. The van der Waals surface area contributed by atoms with Crippen LogP contribution in [0.1, 0.15) is 69.5 Å². The zero-order chi connectivity index (χ0) is 20.6. The molecule has 0 amide bonds. The molecule has 29 heavy (non-hydrogen) atoms. The normalized spacial score (nSPS) is 12.4. The van der Waals surface area contributed by atoms with Crippen LogP contribution in [0.3, 0.4) is 0 Å². The van der Waals surface area contributed by atoms with Gasteiger partial charge in [-0.2, -0.15) is 9.61 Å². The fraction of sp³-hybridized carbons (Fsp3) is 0.478. The molecule has 6 heteroatoms. The van der Waals surface area contributed by atoms with Crippen LogP contribution in [0.2, 0.25) is 0 Å². The Morgan fingerprint density at radius 3 is 2.52 bits per heavy atom. The quantitative estimate of drug-likeness (QED) is 0.401. The average molecular weight is 395 g/mol. The van der Waals surface area contributed by atoms with E-state index in [0.717, 1.165) is 48.8 Å². The summed E-state index contributed by atoms with van der Waals surface area (Å²) < 4.78 is 1.92. The zero-order valence-corrected chi connectivity index (χ0v) is 17.9. The van der Waals surface area contributed by atoms with Gasteiger partial charge in [0.25, 0.3) is 0 Å². The Morgan fingerprint density at radius 2 is 1.79 bits per heavy atom. The number of anilines is 2.